The molecular weight excluding hydrogens is 240 g/mol. The van der Waals surface area contributed by atoms with Crippen LogP contribution in [0.2, 0.25) is 0 Å². The Morgan fingerprint density at radius 1 is 1.42 bits per heavy atom. The second-order valence-corrected chi connectivity index (χ2v) is 4.74. The zero-order chi connectivity index (χ0) is 13.5. The summed E-state index contributed by atoms with van der Waals surface area (Å²) in [4.78, 5) is 11.6. The van der Waals surface area contributed by atoms with Crippen molar-refractivity contribution in [3.63, 3.8) is 0 Å². The highest BCUT2D eigenvalue weighted by Gasteiger charge is 2.20. The van der Waals surface area contributed by atoms with Crippen molar-refractivity contribution < 1.29 is 9.53 Å². The molecule has 0 saturated heterocycles. The zero-order valence-electron chi connectivity index (χ0n) is 11.3. The molecule has 1 N–H and O–H groups in total. The molecule has 0 spiro atoms. The predicted octanol–water partition coefficient (Wildman–Crippen LogP) is 2.75. The van der Waals surface area contributed by atoms with Crippen molar-refractivity contribution >= 4 is 11.6 Å². The number of ether oxygens (including phenoxy) is 1. The first kappa shape index (κ1) is 13.6. The van der Waals surface area contributed by atoms with Crippen LogP contribution in [0.1, 0.15) is 32.6 Å². The van der Waals surface area contributed by atoms with Gasteiger partial charge in [-0.05, 0) is 43.7 Å². The van der Waals surface area contributed by atoms with Crippen LogP contribution in [0.3, 0.4) is 0 Å². The van der Waals surface area contributed by atoms with Crippen LogP contribution >= 0.6 is 0 Å². The molecule has 0 bridgehead atoms. The molecule has 1 aliphatic rings. The van der Waals surface area contributed by atoms with Crippen LogP contribution in [0.15, 0.2) is 35.4 Å². The minimum absolute atomic E-state index is 0.00240. The maximum absolute atomic E-state index is 11.6. The van der Waals surface area contributed by atoms with Gasteiger partial charge in [0.2, 0.25) is 0 Å². The second kappa shape index (κ2) is 6.92. The number of carbonyl (C=O) groups excluding carboxylic acids is 1. The van der Waals surface area contributed by atoms with Crippen LogP contribution < -0.4 is 10.2 Å². The van der Waals surface area contributed by atoms with E-state index in [1.54, 1.807) is 0 Å². The lowest BCUT2D eigenvalue weighted by atomic mass is 10.0. The lowest BCUT2D eigenvalue weighted by Gasteiger charge is -2.08. The molecule has 1 fully saturated rings. The molecule has 1 amide bonds. The van der Waals surface area contributed by atoms with Gasteiger partial charge >= 0.3 is 0 Å². The number of para-hydroxylation sites is 1. The van der Waals surface area contributed by atoms with Gasteiger partial charge in [0.1, 0.15) is 5.75 Å². The predicted molar refractivity (Wildman–Crippen MR) is 75.1 cm³/mol. The fourth-order valence-corrected chi connectivity index (χ4v) is 2.32. The van der Waals surface area contributed by atoms with E-state index in [0.717, 1.165) is 18.6 Å². The first-order chi connectivity index (χ1) is 9.29. The van der Waals surface area contributed by atoms with E-state index < -0.39 is 0 Å². The van der Waals surface area contributed by atoms with Crippen LogP contribution in [-0.4, -0.2) is 18.2 Å². The molecule has 0 heterocycles. The van der Waals surface area contributed by atoms with E-state index in [1.165, 1.54) is 12.8 Å². The molecule has 1 atom stereocenters. The van der Waals surface area contributed by atoms with E-state index in [0.29, 0.717) is 11.7 Å². The van der Waals surface area contributed by atoms with E-state index in [9.17, 15) is 4.79 Å². The third-order valence-corrected chi connectivity index (χ3v) is 3.39. The SMILES string of the molecule is CCC1CCCC1=NNC(=O)COc1ccccc1. The normalized spacial score (nSPS) is 20.5. The van der Waals surface area contributed by atoms with Gasteiger partial charge in [-0.25, -0.2) is 5.43 Å². The monoisotopic (exact) mass is 260 g/mol. The fourth-order valence-electron chi connectivity index (χ4n) is 2.32. The Balaban J connectivity index is 1.77. The lowest BCUT2D eigenvalue weighted by molar-refractivity contribution is -0.123. The number of carbonyl (C=O) groups is 1. The van der Waals surface area contributed by atoms with Crippen molar-refractivity contribution in [3.8, 4) is 5.75 Å². The Morgan fingerprint density at radius 3 is 2.95 bits per heavy atom. The topological polar surface area (TPSA) is 50.7 Å². The summed E-state index contributed by atoms with van der Waals surface area (Å²) >= 11 is 0. The number of nitrogens with one attached hydrogen (secondary N) is 1. The smallest absolute Gasteiger partial charge is 0.277 e. The van der Waals surface area contributed by atoms with E-state index in [2.05, 4.69) is 17.5 Å². The third kappa shape index (κ3) is 4.09. The number of amides is 1. The molecule has 1 aliphatic carbocycles. The summed E-state index contributed by atoms with van der Waals surface area (Å²) in [6, 6.07) is 9.30. The number of rotatable bonds is 5. The van der Waals surface area contributed by atoms with E-state index in [4.69, 9.17) is 4.74 Å². The van der Waals surface area contributed by atoms with Crippen molar-refractivity contribution in [2.24, 2.45) is 11.0 Å². The highest BCUT2D eigenvalue weighted by molar-refractivity contribution is 5.89. The fraction of sp³-hybridized carbons (Fsp3) is 0.467. The average molecular weight is 260 g/mol. The maximum Gasteiger partial charge on any atom is 0.277 e. The highest BCUT2D eigenvalue weighted by atomic mass is 16.5. The number of hydrogen-bond donors (Lipinski definition) is 1. The van der Waals surface area contributed by atoms with E-state index in [1.807, 2.05) is 30.3 Å². The van der Waals surface area contributed by atoms with Crippen molar-refractivity contribution in [2.45, 2.75) is 32.6 Å². The molecule has 1 aromatic rings. The molecule has 102 valence electrons. The quantitative estimate of drug-likeness (QED) is 0.828. The Morgan fingerprint density at radius 2 is 2.21 bits per heavy atom. The van der Waals surface area contributed by atoms with E-state index >= 15 is 0 Å². The zero-order valence-corrected chi connectivity index (χ0v) is 11.3. The van der Waals surface area contributed by atoms with Gasteiger partial charge in [-0.2, -0.15) is 5.10 Å². The Hall–Kier alpha value is -1.84. The summed E-state index contributed by atoms with van der Waals surface area (Å²) in [5.74, 6) is 1.02. The number of hydrogen-bond acceptors (Lipinski definition) is 3. The molecule has 19 heavy (non-hydrogen) atoms. The standard InChI is InChI=1S/C15H20N2O2/c1-2-12-7-6-10-14(12)16-17-15(18)11-19-13-8-4-3-5-9-13/h3-5,8-9,12H,2,6-7,10-11H2,1H3,(H,17,18). The molecule has 1 aromatic carbocycles. The molecule has 1 unspecified atom stereocenters. The summed E-state index contributed by atoms with van der Waals surface area (Å²) in [5, 5.41) is 4.22. The van der Waals surface area contributed by atoms with Crippen LogP contribution in [0.5, 0.6) is 5.75 Å². The van der Waals surface area contributed by atoms with Crippen LogP contribution in [0, 0.1) is 5.92 Å². The average Bonchev–Trinajstić information content (AvgIpc) is 2.91. The molecule has 0 radical (unpaired) electrons. The van der Waals surface area contributed by atoms with Gasteiger partial charge in [0.15, 0.2) is 6.61 Å². The Labute approximate surface area is 113 Å². The van der Waals surface area contributed by atoms with E-state index in [-0.39, 0.29) is 12.5 Å². The van der Waals surface area contributed by atoms with Gasteiger partial charge in [0, 0.05) is 5.71 Å². The first-order valence-electron chi connectivity index (χ1n) is 6.82. The minimum atomic E-state index is -0.210. The van der Waals surface area contributed by atoms with Crippen LogP contribution in [0.25, 0.3) is 0 Å². The van der Waals surface area contributed by atoms with Crippen molar-refractivity contribution in [1.29, 1.82) is 0 Å². The summed E-state index contributed by atoms with van der Waals surface area (Å²) in [7, 11) is 0. The summed E-state index contributed by atoms with van der Waals surface area (Å²) in [5.41, 5.74) is 3.70. The van der Waals surface area contributed by atoms with Gasteiger partial charge in [0.25, 0.3) is 5.91 Å². The number of hydrazone groups is 1. The summed E-state index contributed by atoms with van der Waals surface area (Å²) in [6.45, 7) is 2.16. The van der Waals surface area contributed by atoms with Crippen LogP contribution in [-0.2, 0) is 4.79 Å². The maximum atomic E-state index is 11.6. The summed E-state index contributed by atoms with van der Waals surface area (Å²) < 4.78 is 5.35. The number of benzene rings is 1. The summed E-state index contributed by atoms with van der Waals surface area (Å²) in [6.07, 6.45) is 4.45. The molecule has 0 aliphatic heterocycles. The first-order valence-corrected chi connectivity index (χ1v) is 6.82. The molecule has 2 rings (SSSR count). The highest BCUT2D eigenvalue weighted by Crippen LogP contribution is 2.24. The molecular formula is C15H20N2O2. The molecule has 4 nitrogen and oxygen atoms in total. The Bertz CT molecular complexity index is 443. The number of nitrogens with zero attached hydrogens (tertiary/aromatic N) is 1. The lowest BCUT2D eigenvalue weighted by Crippen LogP contribution is -2.26. The third-order valence-electron chi connectivity index (χ3n) is 3.39. The van der Waals surface area contributed by atoms with Crippen molar-refractivity contribution in [3.05, 3.63) is 30.3 Å². The van der Waals surface area contributed by atoms with Gasteiger partial charge < -0.3 is 4.74 Å². The largest absolute Gasteiger partial charge is 0.484 e. The van der Waals surface area contributed by atoms with Crippen LogP contribution in [0.4, 0.5) is 0 Å². The van der Waals surface area contributed by atoms with Gasteiger partial charge in [-0.15, -0.1) is 0 Å². The second-order valence-electron chi connectivity index (χ2n) is 4.74. The Kier molecular flexibility index (Phi) is 4.95. The van der Waals surface area contributed by atoms with Crippen molar-refractivity contribution in [2.75, 3.05) is 6.61 Å². The molecule has 4 heteroatoms. The minimum Gasteiger partial charge on any atom is -0.484 e. The van der Waals surface area contributed by atoms with Crippen molar-refractivity contribution in [1.82, 2.24) is 5.43 Å². The van der Waals surface area contributed by atoms with Gasteiger partial charge in [-0.3, -0.25) is 4.79 Å². The van der Waals surface area contributed by atoms with Gasteiger partial charge in [0.05, 0.1) is 0 Å². The molecule has 0 aromatic heterocycles. The van der Waals surface area contributed by atoms with Gasteiger partial charge in [-0.1, -0.05) is 25.1 Å². The molecule has 1 saturated carbocycles.